The number of methoxy groups -OCH3 is 1. The van der Waals surface area contributed by atoms with E-state index in [1.807, 2.05) is 25.1 Å². The van der Waals surface area contributed by atoms with Crippen LogP contribution in [0.2, 0.25) is 5.15 Å². The van der Waals surface area contributed by atoms with E-state index < -0.39 is 0 Å². The van der Waals surface area contributed by atoms with E-state index >= 15 is 0 Å². The average molecular weight is 275 g/mol. The summed E-state index contributed by atoms with van der Waals surface area (Å²) < 4.78 is 6.97. The molecule has 6 heteroatoms. The van der Waals surface area contributed by atoms with Crippen molar-refractivity contribution in [3.8, 4) is 17.1 Å². The fourth-order valence-corrected chi connectivity index (χ4v) is 2.07. The second-order valence-corrected chi connectivity index (χ2v) is 4.54. The Labute approximate surface area is 114 Å². The first-order chi connectivity index (χ1) is 9.19. The van der Waals surface area contributed by atoms with Gasteiger partial charge in [-0.25, -0.2) is 0 Å². The second-order valence-electron chi connectivity index (χ2n) is 4.15. The van der Waals surface area contributed by atoms with E-state index in [1.54, 1.807) is 23.8 Å². The maximum Gasteiger partial charge on any atom is 0.189 e. The van der Waals surface area contributed by atoms with E-state index in [-0.39, 0.29) is 0 Å². The zero-order chi connectivity index (χ0) is 13.4. The number of rotatable bonds is 2. The summed E-state index contributed by atoms with van der Waals surface area (Å²) in [6, 6.07) is 9.32. The van der Waals surface area contributed by atoms with Gasteiger partial charge in [-0.1, -0.05) is 23.2 Å². The smallest absolute Gasteiger partial charge is 0.189 e. The molecule has 0 fully saturated rings. The summed E-state index contributed by atoms with van der Waals surface area (Å²) in [6.45, 7) is 2.01. The van der Waals surface area contributed by atoms with Gasteiger partial charge in [0.2, 0.25) is 0 Å². The van der Waals surface area contributed by atoms with Crippen LogP contribution in [-0.2, 0) is 0 Å². The number of benzene rings is 1. The lowest BCUT2D eigenvalue weighted by atomic mass is 10.1. The van der Waals surface area contributed by atoms with Gasteiger partial charge in [-0.3, -0.25) is 0 Å². The van der Waals surface area contributed by atoms with E-state index in [2.05, 4.69) is 15.3 Å². The molecule has 0 amide bonds. The fraction of sp³-hybridized carbons (Fsp3) is 0.154. The summed E-state index contributed by atoms with van der Waals surface area (Å²) in [5, 5.41) is 12.9. The fourth-order valence-electron chi connectivity index (χ4n) is 1.93. The van der Waals surface area contributed by atoms with Crippen molar-refractivity contribution in [2.75, 3.05) is 7.11 Å². The number of halogens is 1. The van der Waals surface area contributed by atoms with Crippen molar-refractivity contribution in [1.82, 2.24) is 19.8 Å². The van der Waals surface area contributed by atoms with Crippen LogP contribution in [0, 0.1) is 6.92 Å². The molecular weight excluding hydrogens is 264 g/mol. The van der Waals surface area contributed by atoms with Crippen molar-refractivity contribution in [3.05, 3.63) is 41.0 Å². The molecule has 0 saturated heterocycles. The number of hydrogen-bond acceptors (Lipinski definition) is 4. The van der Waals surface area contributed by atoms with Crippen molar-refractivity contribution in [2.45, 2.75) is 6.92 Å². The molecule has 0 spiro atoms. The Morgan fingerprint density at radius 2 is 2.00 bits per heavy atom. The van der Waals surface area contributed by atoms with Gasteiger partial charge < -0.3 is 4.74 Å². The molecule has 1 aromatic carbocycles. The summed E-state index contributed by atoms with van der Waals surface area (Å²) in [7, 11) is 1.62. The van der Waals surface area contributed by atoms with Gasteiger partial charge in [-0.15, -0.1) is 10.2 Å². The largest absolute Gasteiger partial charge is 0.496 e. The summed E-state index contributed by atoms with van der Waals surface area (Å²) in [6.07, 6.45) is 0. The topological polar surface area (TPSA) is 52.3 Å². The molecule has 0 aliphatic rings. The molecule has 0 aliphatic heterocycles. The van der Waals surface area contributed by atoms with Crippen LogP contribution in [0.3, 0.4) is 0 Å². The summed E-state index contributed by atoms with van der Waals surface area (Å²) in [5.74, 6) is 1.33. The highest BCUT2D eigenvalue weighted by Crippen LogP contribution is 2.29. The van der Waals surface area contributed by atoms with E-state index in [4.69, 9.17) is 16.3 Å². The van der Waals surface area contributed by atoms with Gasteiger partial charge in [0.25, 0.3) is 0 Å². The molecule has 3 rings (SSSR count). The van der Waals surface area contributed by atoms with Gasteiger partial charge in [-0.2, -0.15) is 9.61 Å². The quantitative estimate of drug-likeness (QED) is 0.721. The third-order valence-corrected chi connectivity index (χ3v) is 3.03. The zero-order valence-corrected chi connectivity index (χ0v) is 11.2. The number of hydrogen-bond donors (Lipinski definition) is 0. The molecular formula is C13H11ClN4O. The van der Waals surface area contributed by atoms with Gasteiger partial charge in [-0.05, 0) is 31.2 Å². The first-order valence-electron chi connectivity index (χ1n) is 5.72. The maximum absolute atomic E-state index is 5.92. The minimum absolute atomic E-state index is 0.389. The van der Waals surface area contributed by atoms with Gasteiger partial charge in [0, 0.05) is 0 Å². The lowest BCUT2D eigenvalue weighted by Gasteiger charge is -2.07. The van der Waals surface area contributed by atoms with E-state index in [9.17, 15) is 0 Å². The molecule has 0 aliphatic carbocycles. The Morgan fingerprint density at radius 1 is 1.16 bits per heavy atom. The first-order valence-corrected chi connectivity index (χ1v) is 6.10. The molecule has 2 heterocycles. The van der Waals surface area contributed by atoms with Crippen molar-refractivity contribution < 1.29 is 4.74 Å². The van der Waals surface area contributed by atoms with Gasteiger partial charge >= 0.3 is 0 Å². The number of aromatic nitrogens is 4. The van der Waals surface area contributed by atoms with Crippen molar-refractivity contribution in [1.29, 1.82) is 0 Å². The number of aryl methyl sites for hydroxylation is 1. The van der Waals surface area contributed by atoms with Crippen molar-refractivity contribution >= 4 is 17.2 Å². The Hall–Kier alpha value is -2.14. The molecule has 0 atom stereocenters. The first kappa shape index (κ1) is 11.9. The number of fused-ring (bicyclic) bond motifs is 1. The predicted molar refractivity (Wildman–Crippen MR) is 72.5 cm³/mol. The minimum Gasteiger partial charge on any atom is -0.496 e. The molecule has 96 valence electrons. The third kappa shape index (κ3) is 2.02. The van der Waals surface area contributed by atoms with E-state index in [1.165, 1.54) is 0 Å². The Balaban J connectivity index is 2.29. The highest BCUT2D eigenvalue weighted by Gasteiger charge is 2.14. The van der Waals surface area contributed by atoms with Crippen molar-refractivity contribution in [3.63, 3.8) is 0 Å². The minimum atomic E-state index is 0.389. The molecule has 5 nitrogen and oxygen atoms in total. The summed E-state index contributed by atoms with van der Waals surface area (Å²) in [4.78, 5) is 0. The Bertz CT molecular complexity index is 753. The van der Waals surface area contributed by atoms with Crippen LogP contribution in [0.25, 0.3) is 17.0 Å². The van der Waals surface area contributed by atoms with Crippen molar-refractivity contribution in [2.24, 2.45) is 0 Å². The van der Waals surface area contributed by atoms with Crippen LogP contribution in [0.1, 0.15) is 5.56 Å². The lowest BCUT2D eigenvalue weighted by Crippen LogP contribution is -1.97. The van der Waals surface area contributed by atoms with Crippen LogP contribution < -0.4 is 4.74 Å². The SMILES string of the molecule is COc1ccc(C)cc1-c1nnc2ccc(Cl)nn12. The monoisotopic (exact) mass is 274 g/mol. The maximum atomic E-state index is 5.92. The molecule has 19 heavy (non-hydrogen) atoms. The highest BCUT2D eigenvalue weighted by molar-refractivity contribution is 6.29. The molecule has 0 bridgehead atoms. The van der Waals surface area contributed by atoms with Gasteiger partial charge in [0.15, 0.2) is 11.5 Å². The molecule has 0 unspecified atom stereocenters. The van der Waals surface area contributed by atoms with Gasteiger partial charge in [0.1, 0.15) is 10.9 Å². The summed E-state index contributed by atoms with van der Waals surface area (Å²) >= 11 is 5.92. The molecule has 3 aromatic rings. The van der Waals surface area contributed by atoms with Crippen LogP contribution in [0.4, 0.5) is 0 Å². The number of ether oxygens (including phenoxy) is 1. The molecule has 0 saturated carbocycles. The molecule has 0 N–H and O–H groups in total. The summed E-state index contributed by atoms with van der Waals surface area (Å²) in [5.41, 5.74) is 2.59. The lowest BCUT2D eigenvalue weighted by molar-refractivity contribution is 0.416. The highest BCUT2D eigenvalue weighted by atomic mass is 35.5. The van der Waals surface area contributed by atoms with E-state index in [0.29, 0.717) is 16.6 Å². The third-order valence-electron chi connectivity index (χ3n) is 2.83. The van der Waals surface area contributed by atoms with Crippen LogP contribution in [0.15, 0.2) is 30.3 Å². The zero-order valence-electron chi connectivity index (χ0n) is 10.5. The average Bonchev–Trinajstić information content (AvgIpc) is 2.81. The second kappa shape index (κ2) is 4.51. The van der Waals surface area contributed by atoms with Crippen LogP contribution in [0.5, 0.6) is 5.75 Å². The predicted octanol–water partition coefficient (Wildman–Crippen LogP) is 2.76. The van der Waals surface area contributed by atoms with Gasteiger partial charge in [0.05, 0.1) is 12.7 Å². The Morgan fingerprint density at radius 3 is 2.79 bits per heavy atom. The number of nitrogens with zero attached hydrogens (tertiary/aromatic N) is 4. The van der Waals surface area contributed by atoms with E-state index in [0.717, 1.165) is 16.9 Å². The molecule has 0 radical (unpaired) electrons. The molecule has 2 aromatic heterocycles. The normalized spacial score (nSPS) is 10.9. The Kier molecular flexibility index (Phi) is 2.83. The standard InChI is InChI=1S/C13H11ClN4O/c1-8-3-4-10(19-2)9(7-8)13-16-15-12-6-5-11(14)17-18(12)13/h3-7H,1-2H3. The van der Waals surface area contributed by atoms with Crippen LogP contribution >= 0.6 is 11.6 Å². The van der Waals surface area contributed by atoms with Crippen LogP contribution in [-0.4, -0.2) is 26.9 Å².